The maximum absolute atomic E-state index is 13.3. The molecule has 0 spiro atoms. The van der Waals surface area contributed by atoms with Crippen molar-refractivity contribution in [2.24, 2.45) is 0 Å². The van der Waals surface area contributed by atoms with Gasteiger partial charge in [0, 0.05) is 17.0 Å². The van der Waals surface area contributed by atoms with Crippen LogP contribution in [0.4, 0.5) is 4.39 Å². The SMILES string of the molecule is CC(NC(=C1CO1)c1cccc2c1cnn2-c1ccc(F)cc1)c1ccccc1. The monoisotopic (exact) mass is 385 g/mol. The van der Waals surface area contributed by atoms with E-state index in [1.807, 2.05) is 41.2 Å². The van der Waals surface area contributed by atoms with Gasteiger partial charge in [0.1, 0.15) is 12.4 Å². The molecule has 4 aromatic rings. The Morgan fingerprint density at radius 1 is 1.03 bits per heavy atom. The average molecular weight is 385 g/mol. The molecule has 1 N–H and O–H groups in total. The zero-order valence-electron chi connectivity index (χ0n) is 16.0. The van der Waals surface area contributed by atoms with Crippen LogP contribution in [-0.2, 0) is 4.74 Å². The topological polar surface area (TPSA) is 42.4 Å². The van der Waals surface area contributed by atoms with E-state index in [0.717, 1.165) is 33.6 Å². The number of epoxide rings is 1. The van der Waals surface area contributed by atoms with Gasteiger partial charge in [-0.2, -0.15) is 5.10 Å². The molecule has 1 aliphatic heterocycles. The molecule has 0 saturated carbocycles. The summed E-state index contributed by atoms with van der Waals surface area (Å²) in [7, 11) is 0. The van der Waals surface area contributed by atoms with Gasteiger partial charge in [-0.15, -0.1) is 0 Å². The summed E-state index contributed by atoms with van der Waals surface area (Å²) in [6.07, 6.45) is 1.85. The lowest BCUT2D eigenvalue weighted by atomic mass is 10.0. The Labute approximate surface area is 168 Å². The van der Waals surface area contributed by atoms with Crippen molar-refractivity contribution in [2.75, 3.05) is 6.61 Å². The summed E-state index contributed by atoms with van der Waals surface area (Å²) in [5.74, 6) is 0.692. The van der Waals surface area contributed by atoms with Gasteiger partial charge in [-0.3, -0.25) is 0 Å². The van der Waals surface area contributed by atoms with Gasteiger partial charge >= 0.3 is 0 Å². The second kappa shape index (κ2) is 7.09. The van der Waals surface area contributed by atoms with Gasteiger partial charge in [0.15, 0.2) is 5.76 Å². The van der Waals surface area contributed by atoms with Crippen molar-refractivity contribution in [3.05, 3.63) is 102 Å². The van der Waals surface area contributed by atoms with Crippen LogP contribution in [0.25, 0.3) is 22.3 Å². The highest BCUT2D eigenvalue weighted by Gasteiger charge is 2.25. The van der Waals surface area contributed by atoms with E-state index in [1.54, 1.807) is 12.1 Å². The summed E-state index contributed by atoms with van der Waals surface area (Å²) in [6, 6.07) is 22.9. The van der Waals surface area contributed by atoms with Crippen molar-refractivity contribution in [1.29, 1.82) is 0 Å². The van der Waals surface area contributed by atoms with Crippen molar-refractivity contribution in [3.8, 4) is 5.69 Å². The van der Waals surface area contributed by atoms with Gasteiger partial charge in [-0.25, -0.2) is 9.07 Å². The molecule has 1 aromatic heterocycles. The van der Waals surface area contributed by atoms with Gasteiger partial charge in [-0.05, 0) is 42.8 Å². The number of hydrogen-bond donors (Lipinski definition) is 1. The molecule has 1 fully saturated rings. The van der Waals surface area contributed by atoms with Crippen LogP contribution in [0, 0.1) is 5.82 Å². The maximum atomic E-state index is 13.3. The molecule has 0 radical (unpaired) electrons. The molecule has 29 heavy (non-hydrogen) atoms. The highest BCUT2D eigenvalue weighted by atomic mass is 19.1. The van der Waals surface area contributed by atoms with Crippen LogP contribution in [0.2, 0.25) is 0 Å². The highest BCUT2D eigenvalue weighted by Crippen LogP contribution is 2.33. The molecule has 4 nitrogen and oxygen atoms in total. The number of aromatic nitrogens is 2. The van der Waals surface area contributed by atoms with Crippen LogP contribution >= 0.6 is 0 Å². The lowest BCUT2D eigenvalue weighted by Crippen LogP contribution is -2.17. The number of hydrogen-bond acceptors (Lipinski definition) is 3. The van der Waals surface area contributed by atoms with Crippen LogP contribution in [-0.4, -0.2) is 16.4 Å². The largest absolute Gasteiger partial charge is 0.484 e. The molecule has 144 valence electrons. The fourth-order valence-electron chi connectivity index (χ4n) is 3.59. The average Bonchev–Trinajstić information content (AvgIpc) is 3.51. The number of nitrogens with zero attached hydrogens (tertiary/aromatic N) is 2. The van der Waals surface area contributed by atoms with Gasteiger partial charge in [-0.1, -0.05) is 42.5 Å². The predicted molar refractivity (Wildman–Crippen MR) is 112 cm³/mol. The first-order valence-electron chi connectivity index (χ1n) is 9.61. The number of halogens is 1. The van der Waals surface area contributed by atoms with Crippen LogP contribution in [0.3, 0.4) is 0 Å². The van der Waals surface area contributed by atoms with Crippen molar-refractivity contribution in [1.82, 2.24) is 15.1 Å². The fraction of sp³-hybridized carbons (Fsp3) is 0.125. The molecule has 5 rings (SSSR count). The van der Waals surface area contributed by atoms with Crippen molar-refractivity contribution < 1.29 is 9.13 Å². The number of ether oxygens (including phenoxy) is 1. The van der Waals surface area contributed by atoms with Gasteiger partial charge in [0.25, 0.3) is 0 Å². The Bertz CT molecular complexity index is 1190. The summed E-state index contributed by atoms with van der Waals surface area (Å²) in [5, 5.41) is 9.20. The van der Waals surface area contributed by atoms with E-state index in [4.69, 9.17) is 4.74 Å². The molecule has 5 heteroatoms. The van der Waals surface area contributed by atoms with E-state index in [2.05, 4.69) is 35.5 Å². The first-order valence-corrected chi connectivity index (χ1v) is 9.61. The van der Waals surface area contributed by atoms with Crippen molar-refractivity contribution in [3.63, 3.8) is 0 Å². The van der Waals surface area contributed by atoms with Gasteiger partial charge in [0.2, 0.25) is 0 Å². The predicted octanol–water partition coefficient (Wildman–Crippen LogP) is 5.21. The molecule has 1 atom stereocenters. The van der Waals surface area contributed by atoms with E-state index in [9.17, 15) is 4.39 Å². The van der Waals surface area contributed by atoms with E-state index in [-0.39, 0.29) is 11.9 Å². The number of nitrogens with one attached hydrogen (secondary N) is 1. The number of rotatable bonds is 5. The van der Waals surface area contributed by atoms with E-state index in [0.29, 0.717) is 6.61 Å². The van der Waals surface area contributed by atoms with Crippen LogP contribution in [0.1, 0.15) is 24.1 Å². The summed E-state index contributed by atoms with van der Waals surface area (Å²) in [6.45, 7) is 2.77. The molecule has 0 amide bonds. The highest BCUT2D eigenvalue weighted by molar-refractivity contribution is 5.93. The normalized spacial score (nSPS) is 15.7. The Balaban J connectivity index is 1.55. The summed E-state index contributed by atoms with van der Waals surface area (Å²) < 4.78 is 20.7. The summed E-state index contributed by atoms with van der Waals surface area (Å²) >= 11 is 0. The molecule has 0 aliphatic carbocycles. The second-order valence-corrected chi connectivity index (χ2v) is 7.13. The summed E-state index contributed by atoms with van der Waals surface area (Å²) in [4.78, 5) is 0. The third kappa shape index (κ3) is 3.36. The number of benzene rings is 3. The molecule has 2 heterocycles. The minimum Gasteiger partial charge on any atom is -0.484 e. The molecule has 3 aromatic carbocycles. The third-order valence-corrected chi connectivity index (χ3v) is 5.18. The Kier molecular flexibility index (Phi) is 4.28. The number of fused-ring (bicyclic) bond motifs is 1. The zero-order chi connectivity index (χ0) is 19.8. The van der Waals surface area contributed by atoms with Crippen LogP contribution in [0.15, 0.2) is 84.8 Å². The van der Waals surface area contributed by atoms with E-state index in [1.165, 1.54) is 17.7 Å². The van der Waals surface area contributed by atoms with Crippen LogP contribution in [0.5, 0.6) is 0 Å². The van der Waals surface area contributed by atoms with E-state index < -0.39 is 0 Å². The third-order valence-electron chi connectivity index (χ3n) is 5.18. The second-order valence-electron chi connectivity index (χ2n) is 7.13. The van der Waals surface area contributed by atoms with E-state index >= 15 is 0 Å². The maximum Gasteiger partial charge on any atom is 0.158 e. The first kappa shape index (κ1) is 17.5. The molecule has 1 saturated heterocycles. The standard InChI is InChI=1S/C24H20FN3O/c1-16(17-6-3-2-4-7-17)27-24(23-15-29-23)20-8-5-9-22-21(20)14-26-28(22)19-12-10-18(25)11-13-19/h2-14,16,27H,15H2,1H3. The minimum atomic E-state index is -0.261. The van der Waals surface area contributed by atoms with Gasteiger partial charge in [0.05, 0.1) is 23.1 Å². The lowest BCUT2D eigenvalue weighted by Gasteiger charge is -2.18. The quantitative estimate of drug-likeness (QED) is 0.479. The Hall–Kier alpha value is -3.60. The molecular weight excluding hydrogens is 365 g/mol. The minimum absolute atomic E-state index is 0.130. The fourth-order valence-corrected chi connectivity index (χ4v) is 3.59. The zero-order valence-corrected chi connectivity index (χ0v) is 16.0. The van der Waals surface area contributed by atoms with Gasteiger partial charge < -0.3 is 10.1 Å². The van der Waals surface area contributed by atoms with Crippen molar-refractivity contribution in [2.45, 2.75) is 13.0 Å². The van der Waals surface area contributed by atoms with Crippen molar-refractivity contribution >= 4 is 16.6 Å². The van der Waals surface area contributed by atoms with Crippen LogP contribution < -0.4 is 5.32 Å². The first-order chi connectivity index (χ1) is 14.2. The molecule has 0 bridgehead atoms. The smallest absolute Gasteiger partial charge is 0.158 e. The molecular formula is C24H20FN3O. The Morgan fingerprint density at radius 2 is 1.79 bits per heavy atom. The molecule has 1 aliphatic rings. The Morgan fingerprint density at radius 3 is 2.52 bits per heavy atom. The lowest BCUT2D eigenvalue weighted by molar-refractivity contribution is 0.508. The molecule has 1 unspecified atom stereocenters. The summed E-state index contributed by atoms with van der Waals surface area (Å²) in [5.41, 5.74) is 5.03.